The minimum Gasteiger partial charge on any atom is -0.299 e. The van der Waals surface area contributed by atoms with Crippen LogP contribution in [0.2, 0.25) is 0 Å². The Bertz CT molecular complexity index is 449. The molecule has 4 nitrogen and oxygen atoms in total. The molecular formula is C12H13NO3. The number of nitrogens with zero attached hydrogens (tertiary/aromatic N) is 1. The second-order valence-electron chi connectivity index (χ2n) is 4.40. The topological polar surface area (TPSA) is 60.2 Å². The molecule has 0 aliphatic heterocycles. The molecule has 1 fully saturated rings. The fourth-order valence-electron chi connectivity index (χ4n) is 2.01. The fraction of sp³-hybridized carbons (Fsp3) is 0.417. The molecule has 0 amide bonds. The summed E-state index contributed by atoms with van der Waals surface area (Å²) >= 11 is 0. The Morgan fingerprint density at radius 3 is 2.56 bits per heavy atom. The van der Waals surface area contributed by atoms with Gasteiger partial charge in [-0.25, -0.2) is 0 Å². The number of benzene rings is 1. The third-order valence-electron chi connectivity index (χ3n) is 3.32. The molecule has 1 aromatic carbocycles. The van der Waals surface area contributed by atoms with Crippen LogP contribution in [0.5, 0.6) is 0 Å². The van der Waals surface area contributed by atoms with Crippen LogP contribution in [0, 0.1) is 15.5 Å². The highest BCUT2D eigenvalue weighted by atomic mass is 16.6. The van der Waals surface area contributed by atoms with Crippen molar-refractivity contribution in [1.82, 2.24) is 0 Å². The summed E-state index contributed by atoms with van der Waals surface area (Å²) in [5.74, 6) is 0.144. The van der Waals surface area contributed by atoms with Crippen molar-refractivity contribution in [2.75, 3.05) is 0 Å². The Balaban J connectivity index is 2.28. The van der Waals surface area contributed by atoms with Crippen molar-refractivity contribution in [3.05, 3.63) is 39.9 Å². The third kappa shape index (κ3) is 1.83. The Kier molecular flexibility index (Phi) is 2.50. The van der Waals surface area contributed by atoms with Crippen molar-refractivity contribution in [2.24, 2.45) is 5.41 Å². The van der Waals surface area contributed by atoms with Gasteiger partial charge in [0.25, 0.3) is 5.69 Å². The lowest BCUT2D eigenvalue weighted by Gasteiger charge is -2.10. The maximum absolute atomic E-state index is 11.4. The van der Waals surface area contributed by atoms with Crippen LogP contribution in [0.4, 0.5) is 5.69 Å². The van der Waals surface area contributed by atoms with E-state index in [1.807, 2.05) is 0 Å². The smallest absolute Gasteiger partial charge is 0.272 e. The zero-order valence-corrected chi connectivity index (χ0v) is 9.10. The summed E-state index contributed by atoms with van der Waals surface area (Å²) in [7, 11) is 0. The second kappa shape index (κ2) is 3.70. The number of para-hydroxylation sites is 1. The molecule has 1 saturated carbocycles. The van der Waals surface area contributed by atoms with Gasteiger partial charge in [0.1, 0.15) is 5.78 Å². The van der Waals surface area contributed by atoms with Crippen LogP contribution in [0.1, 0.15) is 25.3 Å². The predicted octanol–water partition coefficient (Wildman–Crippen LogP) is 2.51. The van der Waals surface area contributed by atoms with Crippen LogP contribution in [-0.4, -0.2) is 10.7 Å². The monoisotopic (exact) mass is 219 g/mol. The molecule has 4 heteroatoms. The molecule has 0 spiro atoms. The molecule has 0 heterocycles. The van der Waals surface area contributed by atoms with Crippen LogP contribution < -0.4 is 0 Å². The molecule has 84 valence electrons. The molecule has 1 aliphatic carbocycles. The minimum atomic E-state index is -0.383. The van der Waals surface area contributed by atoms with Crippen molar-refractivity contribution in [2.45, 2.75) is 26.2 Å². The number of carbonyl (C=O) groups is 1. The Labute approximate surface area is 93.4 Å². The van der Waals surface area contributed by atoms with E-state index in [-0.39, 0.29) is 21.8 Å². The molecule has 0 unspecified atom stereocenters. The Morgan fingerprint density at radius 2 is 2.06 bits per heavy atom. The highest BCUT2D eigenvalue weighted by molar-refractivity contribution is 5.85. The number of hydrogen-bond donors (Lipinski definition) is 0. The van der Waals surface area contributed by atoms with Gasteiger partial charge in [-0.05, 0) is 26.2 Å². The first-order valence-corrected chi connectivity index (χ1v) is 5.28. The summed E-state index contributed by atoms with van der Waals surface area (Å²) in [4.78, 5) is 21.9. The lowest BCUT2D eigenvalue weighted by molar-refractivity contribution is -0.385. The fourth-order valence-corrected chi connectivity index (χ4v) is 2.01. The van der Waals surface area contributed by atoms with Crippen LogP contribution in [-0.2, 0) is 11.2 Å². The highest BCUT2D eigenvalue weighted by Gasteiger charge is 2.47. The van der Waals surface area contributed by atoms with Gasteiger partial charge in [-0.3, -0.25) is 14.9 Å². The van der Waals surface area contributed by atoms with Gasteiger partial charge in [-0.1, -0.05) is 18.2 Å². The summed E-state index contributed by atoms with van der Waals surface area (Å²) in [6.07, 6.45) is 2.21. The number of carbonyl (C=O) groups excluding carboxylic acids is 1. The number of ketones is 1. The molecule has 16 heavy (non-hydrogen) atoms. The standard InChI is InChI=1S/C12H13NO3/c1-9(14)12(6-7-12)8-10-4-2-3-5-11(10)13(15)16/h2-5H,6-8H2,1H3. The van der Waals surface area contributed by atoms with E-state index in [1.165, 1.54) is 6.07 Å². The second-order valence-corrected chi connectivity index (χ2v) is 4.40. The van der Waals surface area contributed by atoms with Gasteiger partial charge < -0.3 is 0 Å². The van der Waals surface area contributed by atoms with Gasteiger partial charge in [0.05, 0.1) is 4.92 Å². The van der Waals surface area contributed by atoms with Crippen LogP contribution in [0.3, 0.4) is 0 Å². The summed E-state index contributed by atoms with van der Waals surface area (Å²) < 4.78 is 0. The molecule has 2 rings (SSSR count). The summed E-state index contributed by atoms with van der Waals surface area (Å²) in [6, 6.07) is 6.65. The Morgan fingerprint density at radius 1 is 1.44 bits per heavy atom. The van der Waals surface area contributed by atoms with E-state index >= 15 is 0 Å². The van der Waals surface area contributed by atoms with E-state index in [0.29, 0.717) is 12.0 Å². The van der Waals surface area contributed by atoms with E-state index in [1.54, 1.807) is 25.1 Å². The first-order chi connectivity index (χ1) is 7.55. The summed E-state index contributed by atoms with van der Waals surface area (Å²) in [5, 5.41) is 10.8. The number of rotatable bonds is 4. The van der Waals surface area contributed by atoms with Gasteiger partial charge in [0, 0.05) is 17.0 Å². The van der Waals surface area contributed by atoms with E-state index in [9.17, 15) is 14.9 Å². The molecule has 1 aliphatic rings. The third-order valence-corrected chi connectivity index (χ3v) is 3.32. The van der Waals surface area contributed by atoms with Crippen LogP contribution in [0.15, 0.2) is 24.3 Å². The van der Waals surface area contributed by atoms with E-state index in [4.69, 9.17) is 0 Å². The SMILES string of the molecule is CC(=O)C1(Cc2ccccc2[N+](=O)[O-])CC1. The van der Waals surface area contributed by atoms with E-state index in [2.05, 4.69) is 0 Å². The zero-order valence-electron chi connectivity index (χ0n) is 9.10. The van der Waals surface area contributed by atoms with Crippen LogP contribution in [0.25, 0.3) is 0 Å². The minimum absolute atomic E-state index is 0.120. The molecule has 0 atom stereocenters. The van der Waals surface area contributed by atoms with Crippen LogP contribution >= 0.6 is 0 Å². The molecule has 0 aromatic heterocycles. The maximum Gasteiger partial charge on any atom is 0.272 e. The molecule has 0 N–H and O–H groups in total. The lowest BCUT2D eigenvalue weighted by Crippen LogP contribution is -2.15. The average Bonchev–Trinajstić information content (AvgIpc) is 2.99. The van der Waals surface area contributed by atoms with Crippen molar-refractivity contribution in [3.8, 4) is 0 Å². The molecule has 0 saturated heterocycles. The summed E-state index contributed by atoms with van der Waals surface area (Å²) in [6.45, 7) is 1.57. The van der Waals surface area contributed by atoms with Crippen molar-refractivity contribution in [3.63, 3.8) is 0 Å². The van der Waals surface area contributed by atoms with Gasteiger partial charge in [-0.2, -0.15) is 0 Å². The normalized spacial score (nSPS) is 16.8. The van der Waals surface area contributed by atoms with Gasteiger partial charge in [-0.15, -0.1) is 0 Å². The molecular weight excluding hydrogens is 206 g/mol. The lowest BCUT2D eigenvalue weighted by atomic mass is 9.92. The first-order valence-electron chi connectivity index (χ1n) is 5.28. The first kappa shape index (κ1) is 10.8. The number of Topliss-reactive ketones (excluding diaryl/α,β-unsaturated/α-hetero) is 1. The van der Waals surface area contributed by atoms with Gasteiger partial charge in [0.2, 0.25) is 0 Å². The number of nitro groups is 1. The highest BCUT2D eigenvalue weighted by Crippen LogP contribution is 2.49. The van der Waals surface area contributed by atoms with Crippen molar-refractivity contribution >= 4 is 11.5 Å². The number of hydrogen-bond acceptors (Lipinski definition) is 3. The zero-order chi connectivity index (χ0) is 11.8. The Hall–Kier alpha value is -1.71. The predicted molar refractivity (Wildman–Crippen MR) is 59.1 cm³/mol. The number of nitro benzene ring substituents is 1. The molecule has 0 radical (unpaired) electrons. The van der Waals surface area contributed by atoms with E-state index < -0.39 is 0 Å². The van der Waals surface area contributed by atoms with Gasteiger partial charge >= 0.3 is 0 Å². The summed E-state index contributed by atoms with van der Waals surface area (Å²) in [5.41, 5.74) is 0.474. The largest absolute Gasteiger partial charge is 0.299 e. The van der Waals surface area contributed by atoms with Gasteiger partial charge in [0.15, 0.2) is 0 Å². The average molecular weight is 219 g/mol. The van der Waals surface area contributed by atoms with Crippen molar-refractivity contribution in [1.29, 1.82) is 0 Å². The molecule has 1 aromatic rings. The van der Waals surface area contributed by atoms with Crippen molar-refractivity contribution < 1.29 is 9.72 Å². The quantitative estimate of drug-likeness (QED) is 0.577. The van der Waals surface area contributed by atoms with E-state index in [0.717, 1.165) is 12.8 Å². The molecule has 0 bridgehead atoms. The maximum atomic E-state index is 11.4.